The van der Waals surface area contributed by atoms with E-state index in [0.29, 0.717) is 0 Å². The van der Waals surface area contributed by atoms with Crippen molar-refractivity contribution in [1.82, 2.24) is 0 Å². The maximum Gasteiger partial charge on any atom is 0.193 e. The molecule has 1 aliphatic rings. The summed E-state index contributed by atoms with van der Waals surface area (Å²) in [7, 11) is 0. The highest BCUT2D eigenvalue weighted by Crippen LogP contribution is 2.29. The van der Waals surface area contributed by atoms with Gasteiger partial charge in [0.15, 0.2) is 5.00 Å². The highest BCUT2D eigenvalue weighted by atomic mass is 32.2. The molecule has 0 aromatic rings. The van der Waals surface area contributed by atoms with E-state index in [2.05, 4.69) is 0 Å². The highest BCUT2D eigenvalue weighted by molar-refractivity contribution is 7.80. The molecule has 46 valence electrons. The number of halogens is 1. The average Bonchev–Trinajstić information content (AvgIpc) is 1.60. The minimum Gasteiger partial charge on any atom is -0.770 e. The topological polar surface area (TPSA) is 40.1 Å². The summed E-state index contributed by atoms with van der Waals surface area (Å²) in [5.41, 5.74) is 0. The lowest BCUT2D eigenvalue weighted by atomic mass is 10.1. The Hall–Kier alpha value is -0.220. The molecule has 2 nitrogen and oxygen atoms in total. The van der Waals surface area contributed by atoms with Gasteiger partial charge in [-0.3, -0.25) is 4.21 Å². The summed E-state index contributed by atoms with van der Waals surface area (Å²) in [5.74, 6) is 0. The van der Waals surface area contributed by atoms with E-state index in [0.717, 1.165) is 6.08 Å². The summed E-state index contributed by atoms with van der Waals surface area (Å²) in [6.45, 7) is 0. The third-order valence-electron chi connectivity index (χ3n) is 1.04. The lowest BCUT2D eigenvalue weighted by molar-refractivity contribution is 0.300. The van der Waals surface area contributed by atoms with Crippen molar-refractivity contribution >= 4 is 11.1 Å². The standard InChI is InChI=1S/C4H5FO2S/c5-4(8(6)7)2-1-3-4/h1-2H,3H2,(H,6,7)/p-1. The van der Waals surface area contributed by atoms with E-state index in [1.54, 1.807) is 0 Å². The molecule has 0 N–H and O–H groups in total. The molecular weight excluding hydrogens is 131 g/mol. The van der Waals surface area contributed by atoms with Crippen LogP contribution in [0.1, 0.15) is 6.42 Å². The van der Waals surface area contributed by atoms with E-state index < -0.39 is 16.1 Å². The fraction of sp³-hybridized carbons (Fsp3) is 0.500. The Balaban J connectivity index is 2.70. The Labute approximate surface area is 48.7 Å². The van der Waals surface area contributed by atoms with Crippen LogP contribution in [0.25, 0.3) is 0 Å². The van der Waals surface area contributed by atoms with Crippen LogP contribution >= 0.6 is 0 Å². The molecule has 0 heterocycles. The molecule has 0 saturated heterocycles. The first-order valence-electron chi connectivity index (χ1n) is 2.11. The Kier molecular flexibility index (Phi) is 1.21. The van der Waals surface area contributed by atoms with Gasteiger partial charge in [0.2, 0.25) is 0 Å². The van der Waals surface area contributed by atoms with Crippen molar-refractivity contribution in [3.8, 4) is 0 Å². The molecule has 8 heavy (non-hydrogen) atoms. The molecule has 2 atom stereocenters. The van der Waals surface area contributed by atoms with Gasteiger partial charge < -0.3 is 4.55 Å². The van der Waals surface area contributed by atoms with E-state index in [4.69, 9.17) is 0 Å². The second-order valence-corrected chi connectivity index (χ2v) is 2.78. The normalized spacial score (nSPS) is 38.8. The van der Waals surface area contributed by atoms with Gasteiger partial charge in [-0.05, 0) is 17.2 Å². The van der Waals surface area contributed by atoms with E-state index in [1.807, 2.05) is 0 Å². The third kappa shape index (κ3) is 0.695. The number of rotatable bonds is 1. The van der Waals surface area contributed by atoms with Gasteiger partial charge >= 0.3 is 0 Å². The minimum absolute atomic E-state index is 0.00309. The smallest absolute Gasteiger partial charge is 0.193 e. The molecule has 2 unspecified atom stereocenters. The molecule has 0 radical (unpaired) electrons. The van der Waals surface area contributed by atoms with Crippen LogP contribution in [0.4, 0.5) is 4.39 Å². The van der Waals surface area contributed by atoms with Crippen molar-refractivity contribution in [3.05, 3.63) is 12.2 Å². The second-order valence-electron chi connectivity index (χ2n) is 1.63. The lowest BCUT2D eigenvalue weighted by Crippen LogP contribution is -2.30. The number of allylic oxidation sites excluding steroid dienone is 1. The van der Waals surface area contributed by atoms with Crippen LogP contribution in [0, 0.1) is 0 Å². The third-order valence-corrected chi connectivity index (χ3v) is 1.90. The largest absolute Gasteiger partial charge is 0.770 e. The first kappa shape index (κ1) is 5.91. The summed E-state index contributed by atoms with van der Waals surface area (Å²) in [5, 5.41) is -2.04. The molecule has 0 spiro atoms. The van der Waals surface area contributed by atoms with Crippen LogP contribution < -0.4 is 0 Å². The average molecular weight is 135 g/mol. The monoisotopic (exact) mass is 135 g/mol. The molecule has 0 aromatic carbocycles. The molecular formula is C4H4FO2S-. The maximum atomic E-state index is 12.3. The Morgan fingerprint density at radius 3 is 2.38 bits per heavy atom. The van der Waals surface area contributed by atoms with Gasteiger partial charge in [-0.15, -0.1) is 0 Å². The van der Waals surface area contributed by atoms with Crippen molar-refractivity contribution in [2.24, 2.45) is 0 Å². The van der Waals surface area contributed by atoms with Gasteiger partial charge in [0, 0.05) is 6.42 Å². The molecule has 0 bridgehead atoms. The van der Waals surface area contributed by atoms with Crippen LogP contribution in [-0.2, 0) is 11.1 Å². The number of alkyl halides is 1. The summed E-state index contributed by atoms with van der Waals surface area (Å²) in [6.07, 6.45) is 2.52. The van der Waals surface area contributed by atoms with Gasteiger partial charge in [0.1, 0.15) is 0 Å². The predicted octanol–water partition coefficient (Wildman–Crippen LogP) is 0.491. The SMILES string of the molecule is O=S([O-])C1(F)C=CC1. The zero-order chi connectivity index (χ0) is 6.20. The zero-order valence-corrected chi connectivity index (χ0v) is 4.78. The first-order chi connectivity index (χ1) is 3.65. The fourth-order valence-corrected chi connectivity index (χ4v) is 0.866. The highest BCUT2D eigenvalue weighted by Gasteiger charge is 2.31. The van der Waals surface area contributed by atoms with Crippen molar-refractivity contribution in [1.29, 1.82) is 0 Å². The Bertz CT molecular complexity index is 156. The first-order valence-corrected chi connectivity index (χ1v) is 3.19. The summed E-state index contributed by atoms with van der Waals surface area (Å²) in [4.78, 5) is 0. The molecule has 0 aromatic heterocycles. The molecule has 4 heteroatoms. The van der Waals surface area contributed by atoms with Crippen molar-refractivity contribution in [2.45, 2.75) is 11.4 Å². The van der Waals surface area contributed by atoms with Crippen molar-refractivity contribution < 1.29 is 13.2 Å². The predicted molar refractivity (Wildman–Crippen MR) is 26.5 cm³/mol. The molecule has 1 rings (SSSR count). The number of hydrogen-bond acceptors (Lipinski definition) is 2. The van der Waals surface area contributed by atoms with E-state index in [1.165, 1.54) is 6.08 Å². The zero-order valence-electron chi connectivity index (χ0n) is 3.96. The van der Waals surface area contributed by atoms with E-state index in [-0.39, 0.29) is 6.42 Å². The Morgan fingerprint density at radius 2 is 2.38 bits per heavy atom. The second kappa shape index (κ2) is 1.63. The van der Waals surface area contributed by atoms with Gasteiger partial charge in [-0.1, -0.05) is 6.08 Å². The maximum absolute atomic E-state index is 12.3. The lowest BCUT2D eigenvalue weighted by Gasteiger charge is -2.28. The van der Waals surface area contributed by atoms with Crippen LogP contribution in [0.2, 0.25) is 0 Å². The summed E-state index contributed by atoms with van der Waals surface area (Å²) in [6, 6.07) is 0. The molecule has 1 aliphatic carbocycles. The van der Waals surface area contributed by atoms with Crippen LogP contribution in [-0.4, -0.2) is 13.8 Å². The molecule has 0 fully saturated rings. The molecule has 0 amide bonds. The summed E-state index contributed by atoms with van der Waals surface area (Å²) >= 11 is -2.59. The van der Waals surface area contributed by atoms with Crippen LogP contribution in [0.3, 0.4) is 0 Å². The van der Waals surface area contributed by atoms with Crippen LogP contribution in [0.15, 0.2) is 12.2 Å². The van der Waals surface area contributed by atoms with E-state index in [9.17, 15) is 13.2 Å². The Morgan fingerprint density at radius 1 is 1.88 bits per heavy atom. The van der Waals surface area contributed by atoms with Crippen molar-refractivity contribution in [2.75, 3.05) is 0 Å². The van der Waals surface area contributed by atoms with Crippen molar-refractivity contribution in [3.63, 3.8) is 0 Å². The summed E-state index contributed by atoms with van der Waals surface area (Å²) < 4.78 is 32.1. The molecule has 0 aliphatic heterocycles. The quantitative estimate of drug-likeness (QED) is 0.388. The minimum atomic E-state index is -2.59. The van der Waals surface area contributed by atoms with Gasteiger partial charge in [0.25, 0.3) is 0 Å². The van der Waals surface area contributed by atoms with Gasteiger partial charge in [-0.25, -0.2) is 4.39 Å². The number of hydrogen-bond donors (Lipinski definition) is 0. The fourth-order valence-electron chi connectivity index (χ4n) is 0.427. The van der Waals surface area contributed by atoms with Gasteiger partial charge in [0.05, 0.1) is 0 Å². The van der Waals surface area contributed by atoms with Gasteiger partial charge in [-0.2, -0.15) is 0 Å². The van der Waals surface area contributed by atoms with E-state index >= 15 is 0 Å². The molecule has 0 saturated carbocycles. The van der Waals surface area contributed by atoms with Crippen LogP contribution in [0.5, 0.6) is 0 Å².